The van der Waals surface area contributed by atoms with Gasteiger partial charge in [-0.25, -0.2) is 9.50 Å². The number of nitrogens with zero attached hydrogens (tertiary/aromatic N) is 4. The summed E-state index contributed by atoms with van der Waals surface area (Å²) >= 11 is 1.65. The first kappa shape index (κ1) is 19.3. The molecule has 29 heavy (non-hydrogen) atoms. The van der Waals surface area contributed by atoms with Crippen molar-refractivity contribution in [3.05, 3.63) is 60.0 Å². The zero-order valence-electron chi connectivity index (χ0n) is 16.5. The number of aromatic nitrogens is 4. The second-order valence-corrected chi connectivity index (χ2v) is 8.13. The van der Waals surface area contributed by atoms with Crippen LogP contribution < -0.4 is 5.32 Å². The van der Waals surface area contributed by atoms with Gasteiger partial charge in [-0.1, -0.05) is 26.3 Å². The lowest BCUT2D eigenvalue weighted by Crippen LogP contribution is -2.28. The third kappa shape index (κ3) is 4.19. The van der Waals surface area contributed by atoms with Crippen LogP contribution in [0, 0.1) is 5.92 Å². The van der Waals surface area contributed by atoms with Gasteiger partial charge in [0, 0.05) is 36.3 Å². The molecule has 0 aromatic carbocycles. The molecule has 0 spiro atoms. The molecule has 4 heterocycles. The predicted octanol–water partition coefficient (Wildman–Crippen LogP) is 4.69. The fraction of sp³-hybridized carbons (Fsp3) is 0.273. The molecule has 1 unspecified atom stereocenters. The van der Waals surface area contributed by atoms with Gasteiger partial charge in [-0.15, -0.1) is 11.3 Å². The van der Waals surface area contributed by atoms with Crippen LogP contribution in [0.3, 0.4) is 0 Å². The van der Waals surface area contributed by atoms with E-state index < -0.39 is 0 Å². The van der Waals surface area contributed by atoms with Gasteiger partial charge in [-0.05, 0) is 35.9 Å². The largest absolute Gasteiger partial charge is 0.352 e. The molecule has 4 aromatic rings. The van der Waals surface area contributed by atoms with Crippen molar-refractivity contribution in [1.29, 1.82) is 0 Å². The SMILES string of the molecule is CCCC(C)CNC(=O)c1cncc(-c2cnn3ccc(-c4cccs4)nc23)c1. The first-order valence-corrected chi connectivity index (χ1v) is 10.7. The summed E-state index contributed by atoms with van der Waals surface area (Å²) in [5.41, 5.74) is 3.86. The molecule has 0 aliphatic heterocycles. The number of pyridine rings is 1. The fourth-order valence-electron chi connectivity index (χ4n) is 3.31. The Hall–Kier alpha value is -3.06. The van der Waals surface area contributed by atoms with Crippen molar-refractivity contribution in [2.45, 2.75) is 26.7 Å². The molecule has 0 aliphatic carbocycles. The summed E-state index contributed by atoms with van der Waals surface area (Å²) < 4.78 is 1.74. The Morgan fingerprint density at radius 1 is 1.28 bits per heavy atom. The van der Waals surface area contributed by atoms with Crippen molar-refractivity contribution in [1.82, 2.24) is 24.9 Å². The van der Waals surface area contributed by atoms with E-state index in [1.54, 1.807) is 34.4 Å². The molecular formula is C22H23N5OS. The Morgan fingerprint density at radius 3 is 2.97 bits per heavy atom. The van der Waals surface area contributed by atoms with Crippen LogP contribution in [0.1, 0.15) is 37.0 Å². The molecule has 1 N–H and O–H groups in total. The summed E-state index contributed by atoms with van der Waals surface area (Å²) in [6.45, 7) is 4.97. The molecule has 1 amide bonds. The maximum absolute atomic E-state index is 12.6. The number of carbonyl (C=O) groups excluding carboxylic acids is 1. The molecule has 0 saturated heterocycles. The fourth-order valence-corrected chi connectivity index (χ4v) is 4.00. The Kier molecular flexibility index (Phi) is 5.67. The van der Waals surface area contributed by atoms with E-state index in [1.807, 2.05) is 35.8 Å². The normalized spacial score (nSPS) is 12.2. The lowest BCUT2D eigenvalue weighted by Gasteiger charge is -2.11. The Labute approximate surface area is 173 Å². The number of carbonyl (C=O) groups is 1. The number of fused-ring (bicyclic) bond motifs is 1. The zero-order chi connectivity index (χ0) is 20.2. The van der Waals surface area contributed by atoms with Crippen molar-refractivity contribution in [3.8, 4) is 21.7 Å². The van der Waals surface area contributed by atoms with E-state index in [0.29, 0.717) is 18.0 Å². The highest BCUT2D eigenvalue weighted by Gasteiger charge is 2.14. The Morgan fingerprint density at radius 2 is 2.17 bits per heavy atom. The van der Waals surface area contributed by atoms with Gasteiger partial charge < -0.3 is 5.32 Å². The third-order valence-electron chi connectivity index (χ3n) is 4.85. The van der Waals surface area contributed by atoms with Crippen molar-refractivity contribution in [2.24, 2.45) is 5.92 Å². The maximum atomic E-state index is 12.6. The van der Waals surface area contributed by atoms with Crippen LogP contribution in [0.5, 0.6) is 0 Å². The summed E-state index contributed by atoms with van der Waals surface area (Å²) in [6, 6.07) is 7.86. The van der Waals surface area contributed by atoms with Gasteiger partial charge in [0.1, 0.15) is 0 Å². The molecule has 7 heteroatoms. The van der Waals surface area contributed by atoms with Gasteiger partial charge in [0.25, 0.3) is 5.91 Å². The van der Waals surface area contributed by atoms with E-state index >= 15 is 0 Å². The number of hydrogen-bond acceptors (Lipinski definition) is 5. The maximum Gasteiger partial charge on any atom is 0.252 e. The summed E-state index contributed by atoms with van der Waals surface area (Å²) in [5.74, 6) is 0.352. The summed E-state index contributed by atoms with van der Waals surface area (Å²) in [4.78, 5) is 22.7. The van der Waals surface area contributed by atoms with E-state index in [1.165, 1.54) is 0 Å². The van der Waals surface area contributed by atoms with Crippen LogP contribution in [0.25, 0.3) is 27.3 Å². The van der Waals surface area contributed by atoms with Crippen molar-refractivity contribution < 1.29 is 4.79 Å². The number of hydrogen-bond donors (Lipinski definition) is 1. The van der Waals surface area contributed by atoms with Crippen LogP contribution in [-0.4, -0.2) is 32.0 Å². The lowest BCUT2D eigenvalue weighted by atomic mass is 10.1. The second-order valence-electron chi connectivity index (χ2n) is 7.18. The van der Waals surface area contributed by atoms with E-state index in [9.17, 15) is 4.79 Å². The summed E-state index contributed by atoms with van der Waals surface area (Å²) in [6.07, 6.45) is 9.22. The molecule has 1 atom stereocenters. The molecule has 0 fully saturated rings. The smallest absolute Gasteiger partial charge is 0.252 e. The third-order valence-corrected chi connectivity index (χ3v) is 5.74. The van der Waals surface area contributed by atoms with Crippen LogP contribution >= 0.6 is 11.3 Å². The van der Waals surface area contributed by atoms with E-state index in [-0.39, 0.29) is 5.91 Å². The summed E-state index contributed by atoms with van der Waals surface area (Å²) in [5, 5.41) is 9.44. The van der Waals surface area contributed by atoms with Gasteiger partial charge in [0.2, 0.25) is 0 Å². The predicted molar refractivity (Wildman–Crippen MR) is 116 cm³/mol. The van der Waals surface area contributed by atoms with Crippen molar-refractivity contribution >= 4 is 22.9 Å². The monoisotopic (exact) mass is 405 g/mol. The topological polar surface area (TPSA) is 72.2 Å². The highest BCUT2D eigenvalue weighted by molar-refractivity contribution is 7.13. The lowest BCUT2D eigenvalue weighted by molar-refractivity contribution is 0.0947. The first-order valence-electron chi connectivity index (χ1n) is 9.77. The van der Waals surface area contributed by atoms with Crippen LogP contribution in [0.2, 0.25) is 0 Å². The molecule has 0 radical (unpaired) electrons. The standard InChI is InChI=1S/C22H23N5OS/c1-3-5-15(2)11-24-22(28)17-10-16(12-23-13-17)18-14-25-27-8-7-19(26-21(18)27)20-6-4-9-29-20/h4,6-10,12-15H,3,5,11H2,1-2H3,(H,24,28). The van der Waals surface area contributed by atoms with Gasteiger partial charge in [0.05, 0.1) is 22.3 Å². The number of amides is 1. The average molecular weight is 406 g/mol. The molecule has 0 saturated carbocycles. The summed E-state index contributed by atoms with van der Waals surface area (Å²) in [7, 11) is 0. The minimum absolute atomic E-state index is 0.106. The Balaban J connectivity index is 1.62. The number of rotatable bonds is 7. The van der Waals surface area contributed by atoms with Crippen LogP contribution in [0.15, 0.2) is 54.4 Å². The van der Waals surface area contributed by atoms with Gasteiger partial charge in [-0.2, -0.15) is 5.10 Å². The molecular weight excluding hydrogens is 382 g/mol. The number of nitrogens with one attached hydrogen (secondary N) is 1. The molecule has 4 aromatic heterocycles. The van der Waals surface area contributed by atoms with Gasteiger partial charge in [-0.3, -0.25) is 9.78 Å². The van der Waals surface area contributed by atoms with E-state index in [2.05, 4.69) is 29.2 Å². The minimum atomic E-state index is -0.106. The Bertz CT molecular complexity index is 1120. The first-order chi connectivity index (χ1) is 14.2. The quantitative estimate of drug-likeness (QED) is 0.484. The molecule has 0 bridgehead atoms. The average Bonchev–Trinajstić information content (AvgIpc) is 3.42. The van der Waals surface area contributed by atoms with Gasteiger partial charge in [0.15, 0.2) is 5.65 Å². The highest BCUT2D eigenvalue weighted by Crippen LogP contribution is 2.27. The van der Waals surface area contributed by atoms with E-state index in [4.69, 9.17) is 4.98 Å². The molecule has 6 nitrogen and oxygen atoms in total. The van der Waals surface area contributed by atoms with Crippen LogP contribution in [0.4, 0.5) is 0 Å². The zero-order valence-corrected chi connectivity index (χ0v) is 17.3. The van der Waals surface area contributed by atoms with Gasteiger partial charge >= 0.3 is 0 Å². The van der Waals surface area contributed by atoms with Crippen LogP contribution in [-0.2, 0) is 0 Å². The second kappa shape index (κ2) is 8.53. The molecule has 148 valence electrons. The molecule has 4 rings (SSSR count). The van der Waals surface area contributed by atoms with Crippen molar-refractivity contribution in [3.63, 3.8) is 0 Å². The number of thiophene rings is 1. The minimum Gasteiger partial charge on any atom is -0.352 e. The highest BCUT2D eigenvalue weighted by atomic mass is 32.1. The van der Waals surface area contributed by atoms with E-state index in [0.717, 1.165) is 40.2 Å². The van der Waals surface area contributed by atoms with Crippen molar-refractivity contribution in [2.75, 3.05) is 6.54 Å². The molecule has 0 aliphatic rings.